The standard InChI is InChI=1S/C27H28N2O4/c30-27(31)33-26-22(13-8-18-32-24-15-6-10-19-9-2-3-11-20(19)24)21-12-7-14-23(25(21)28-26)29-16-4-1-5-17-29/h2-3,6-7,9-12,14-15,28H,1,4-5,8,13,16-18H2,(H,30,31). The van der Waals surface area contributed by atoms with Crippen LogP contribution in [0.2, 0.25) is 0 Å². The molecule has 0 bridgehead atoms. The number of H-pyrrole nitrogens is 1. The van der Waals surface area contributed by atoms with Crippen LogP contribution in [-0.2, 0) is 6.42 Å². The number of hydrogen-bond donors (Lipinski definition) is 2. The van der Waals surface area contributed by atoms with Gasteiger partial charge in [0.1, 0.15) is 5.75 Å². The fraction of sp³-hybridized carbons (Fsp3) is 0.296. The number of anilines is 1. The molecule has 6 heteroatoms. The zero-order valence-electron chi connectivity index (χ0n) is 18.5. The minimum absolute atomic E-state index is 0.312. The number of fused-ring (bicyclic) bond motifs is 2. The average Bonchev–Trinajstić information content (AvgIpc) is 3.18. The van der Waals surface area contributed by atoms with E-state index in [4.69, 9.17) is 9.47 Å². The van der Waals surface area contributed by atoms with E-state index in [1.165, 1.54) is 19.3 Å². The monoisotopic (exact) mass is 444 g/mol. The van der Waals surface area contributed by atoms with Gasteiger partial charge in [-0.1, -0.05) is 48.5 Å². The predicted molar refractivity (Wildman–Crippen MR) is 131 cm³/mol. The van der Waals surface area contributed by atoms with Crippen LogP contribution in [0.3, 0.4) is 0 Å². The first-order chi connectivity index (χ1) is 16.2. The number of benzene rings is 3. The van der Waals surface area contributed by atoms with E-state index in [9.17, 15) is 9.90 Å². The van der Waals surface area contributed by atoms with E-state index in [0.29, 0.717) is 18.9 Å². The van der Waals surface area contributed by atoms with Gasteiger partial charge in [0.15, 0.2) is 0 Å². The molecule has 2 heterocycles. The molecule has 6 nitrogen and oxygen atoms in total. The van der Waals surface area contributed by atoms with Crippen LogP contribution in [0.5, 0.6) is 11.6 Å². The van der Waals surface area contributed by atoms with Crippen molar-refractivity contribution in [2.45, 2.75) is 32.1 Å². The van der Waals surface area contributed by atoms with Crippen LogP contribution in [0.25, 0.3) is 21.7 Å². The van der Waals surface area contributed by atoms with Crippen molar-refractivity contribution in [3.05, 3.63) is 66.2 Å². The quantitative estimate of drug-likeness (QED) is 0.256. The Bertz CT molecular complexity index is 1270. The Balaban J connectivity index is 1.36. The normalized spacial score (nSPS) is 14.0. The molecule has 3 aromatic carbocycles. The Labute approximate surface area is 192 Å². The first-order valence-electron chi connectivity index (χ1n) is 11.6. The highest BCUT2D eigenvalue weighted by Crippen LogP contribution is 2.36. The van der Waals surface area contributed by atoms with Crippen molar-refractivity contribution in [3.8, 4) is 11.6 Å². The van der Waals surface area contributed by atoms with Crippen LogP contribution in [-0.4, -0.2) is 35.9 Å². The second-order valence-electron chi connectivity index (χ2n) is 8.48. The molecule has 0 amide bonds. The van der Waals surface area contributed by atoms with E-state index in [2.05, 4.69) is 34.1 Å². The topological polar surface area (TPSA) is 74.8 Å². The number of aryl methyl sites for hydroxylation is 1. The summed E-state index contributed by atoms with van der Waals surface area (Å²) in [4.78, 5) is 17.0. The van der Waals surface area contributed by atoms with E-state index in [1.807, 2.05) is 36.4 Å². The molecular weight excluding hydrogens is 416 g/mol. The maximum Gasteiger partial charge on any atom is 0.512 e. The van der Waals surface area contributed by atoms with Crippen LogP contribution in [0.4, 0.5) is 10.5 Å². The summed E-state index contributed by atoms with van der Waals surface area (Å²) in [5.41, 5.74) is 2.94. The number of nitrogens with one attached hydrogen (secondary N) is 1. The Morgan fingerprint density at radius 2 is 1.70 bits per heavy atom. The van der Waals surface area contributed by atoms with Gasteiger partial charge < -0.3 is 24.5 Å². The van der Waals surface area contributed by atoms with Gasteiger partial charge in [0.25, 0.3) is 0 Å². The predicted octanol–water partition coefficient (Wildman–Crippen LogP) is 6.38. The maximum atomic E-state index is 11.3. The van der Waals surface area contributed by atoms with Crippen molar-refractivity contribution < 1.29 is 19.4 Å². The lowest BCUT2D eigenvalue weighted by Crippen LogP contribution is -2.29. The third-order valence-electron chi connectivity index (χ3n) is 6.34. The first-order valence-corrected chi connectivity index (χ1v) is 11.6. The molecule has 170 valence electrons. The van der Waals surface area contributed by atoms with Crippen molar-refractivity contribution in [1.29, 1.82) is 0 Å². The molecule has 33 heavy (non-hydrogen) atoms. The molecule has 0 radical (unpaired) electrons. The van der Waals surface area contributed by atoms with Gasteiger partial charge in [-0.2, -0.15) is 0 Å². The summed E-state index contributed by atoms with van der Waals surface area (Å²) >= 11 is 0. The Morgan fingerprint density at radius 3 is 2.55 bits per heavy atom. The number of ether oxygens (including phenoxy) is 2. The smallest absolute Gasteiger partial charge is 0.493 e. The zero-order valence-corrected chi connectivity index (χ0v) is 18.5. The van der Waals surface area contributed by atoms with Crippen LogP contribution >= 0.6 is 0 Å². The number of nitrogens with zero attached hydrogens (tertiary/aromatic N) is 1. The second-order valence-corrected chi connectivity index (χ2v) is 8.48. The molecule has 5 rings (SSSR count). The van der Waals surface area contributed by atoms with Gasteiger partial charge in [0.05, 0.1) is 17.8 Å². The summed E-state index contributed by atoms with van der Waals surface area (Å²) in [6.45, 7) is 2.56. The van der Waals surface area contributed by atoms with E-state index in [0.717, 1.165) is 58.2 Å². The van der Waals surface area contributed by atoms with E-state index < -0.39 is 6.16 Å². The molecule has 1 aromatic heterocycles. The number of aromatic nitrogens is 1. The minimum atomic E-state index is -1.31. The van der Waals surface area contributed by atoms with Crippen LogP contribution < -0.4 is 14.4 Å². The summed E-state index contributed by atoms with van der Waals surface area (Å²) in [7, 11) is 0. The maximum absolute atomic E-state index is 11.3. The van der Waals surface area contributed by atoms with Gasteiger partial charge in [-0.15, -0.1) is 0 Å². The van der Waals surface area contributed by atoms with Crippen LogP contribution in [0.15, 0.2) is 60.7 Å². The van der Waals surface area contributed by atoms with Gasteiger partial charge in [-0.05, 0) is 49.6 Å². The van der Waals surface area contributed by atoms with Crippen molar-refractivity contribution in [1.82, 2.24) is 4.98 Å². The lowest BCUT2D eigenvalue weighted by Gasteiger charge is -2.29. The highest BCUT2D eigenvalue weighted by Gasteiger charge is 2.20. The molecule has 0 atom stereocenters. The first kappa shape index (κ1) is 21.2. The van der Waals surface area contributed by atoms with Gasteiger partial charge in [-0.3, -0.25) is 0 Å². The fourth-order valence-corrected chi connectivity index (χ4v) is 4.81. The molecule has 0 aliphatic carbocycles. The fourth-order valence-electron chi connectivity index (χ4n) is 4.81. The number of aromatic amines is 1. The molecule has 2 N–H and O–H groups in total. The molecule has 1 fully saturated rings. The minimum Gasteiger partial charge on any atom is -0.493 e. The number of carbonyl (C=O) groups is 1. The number of piperidine rings is 1. The SMILES string of the molecule is O=C(O)Oc1[nH]c2c(N3CCCCC3)cccc2c1CCCOc1cccc2ccccc12. The molecule has 0 spiro atoms. The second kappa shape index (κ2) is 9.45. The molecule has 1 saturated heterocycles. The van der Waals surface area contributed by atoms with Crippen molar-refractivity contribution >= 4 is 33.5 Å². The molecule has 1 aliphatic heterocycles. The number of hydrogen-bond acceptors (Lipinski definition) is 4. The average molecular weight is 445 g/mol. The third-order valence-corrected chi connectivity index (χ3v) is 6.34. The van der Waals surface area contributed by atoms with Crippen LogP contribution in [0, 0.1) is 0 Å². The van der Waals surface area contributed by atoms with Crippen molar-refractivity contribution in [3.63, 3.8) is 0 Å². The van der Waals surface area contributed by atoms with Gasteiger partial charge in [0.2, 0.25) is 5.88 Å². The largest absolute Gasteiger partial charge is 0.512 e. The number of rotatable bonds is 7. The summed E-state index contributed by atoms with van der Waals surface area (Å²) in [5, 5.41) is 12.5. The molecule has 4 aromatic rings. The highest BCUT2D eigenvalue weighted by molar-refractivity contribution is 5.96. The lowest BCUT2D eigenvalue weighted by atomic mass is 10.1. The Hall–Kier alpha value is -3.67. The van der Waals surface area contributed by atoms with Gasteiger partial charge >= 0.3 is 6.16 Å². The van der Waals surface area contributed by atoms with Crippen molar-refractivity contribution in [2.24, 2.45) is 0 Å². The summed E-state index contributed by atoms with van der Waals surface area (Å²) in [5.74, 6) is 1.17. The summed E-state index contributed by atoms with van der Waals surface area (Å²) in [6, 6.07) is 20.4. The Kier molecular flexibility index (Phi) is 6.07. The molecule has 0 unspecified atom stereocenters. The number of carboxylic acid groups (broad SMARTS) is 1. The lowest BCUT2D eigenvalue weighted by molar-refractivity contribution is 0.142. The summed E-state index contributed by atoms with van der Waals surface area (Å²) in [6.07, 6.45) is 3.68. The van der Waals surface area contributed by atoms with E-state index in [1.54, 1.807) is 0 Å². The van der Waals surface area contributed by atoms with Crippen LogP contribution in [0.1, 0.15) is 31.2 Å². The highest BCUT2D eigenvalue weighted by atomic mass is 16.7. The van der Waals surface area contributed by atoms with Gasteiger partial charge in [-0.25, -0.2) is 4.79 Å². The van der Waals surface area contributed by atoms with E-state index in [-0.39, 0.29) is 0 Å². The third kappa shape index (κ3) is 4.46. The van der Waals surface area contributed by atoms with Crippen molar-refractivity contribution in [2.75, 3.05) is 24.6 Å². The molecule has 0 saturated carbocycles. The Morgan fingerprint density at radius 1 is 0.939 bits per heavy atom. The summed E-state index contributed by atoms with van der Waals surface area (Å²) < 4.78 is 11.2. The van der Waals surface area contributed by atoms with E-state index >= 15 is 0 Å². The van der Waals surface area contributed by atoms with Gasteiger partial charge in [0, 0.05) is 29.4 Å². The molecular formula is C27H28N2O4. The zero-order chi connectivity index (χ0) is 22.6. The molecule has 1 aliphatic rings. The number of para-hydroxylation sites is 1.